The molecular weight excluding hydrogens is 477 g/mol. The lowest BCUT2D eigenvalue weighted by Gasteiger charge is -2.27. The summed E-state index contributed by atoms with van der Waals surface area (Å²) >= 11 is 6.16. The first kappa shape index (κ1) is 24.5. The van der Waals surface area contributed by atoms with Crippen LogP contribution in [0.2, 0.25) is 5.02 Å². The lowest BCUT2D eigenvalue weighted by atomic mass is 9.83. The first-order valence-corrected chi connectivity index (χ1v) is 9.91. The molecule has 5 nitrogen and oxygen atoms in total. The molecule has 1 unspecified atom stereocenters. The van der Waals surface area contributed by atoms with E-state index in [0.717, 1.165) is 37.6 Å². The molecule has 0 aromatic heterocycles. The number of benzene rings is 1. The minimum absolute atomic E-state index is 0. The van der Waals surface area contributed by atoms with Gasteiger partial charge < -0.3 is 20.5 Å². The van der Waals surface area contributed by atoms with Crippen molar-refractivity contribution >= 4 is 41.5 Å². The summed E-state index contributed by atoms with van der Waals surface area (Å²) < 4.78 is 5.30. The Balaban J connectivity index is 0.00000364. The second-order valence-corrected chi connectivity index (χ2v) is 7.47. The summed E-state index contributed by atoms with van der Waals surface area (Å²) in [7, 11) is 1.76. The summed E-state index contributed by atoms with van der Waals surface area (Å²) in [6.45, 7) is 4.75. The van der Waals surface area contributed by atoms with Crippen molar-refractivity contribution in [2.75, 3.05) is 33.4 Å². The van der Waals surface area contributed by atoms with Gasteiger partial charge in [-0.2, -0.15) is 0 Å². The zero-order chi connectivity index (χ0) is 18.8. The number of aliphatic imine (C=N–C) groups is 1. The molecule has 0 saturated heterocycles. The zero-order valence-electron chi connectivity index (χ0n) is 16.3. The summed E-state index contributed by atoms with van der Waals surface area (Å²) in [6, 6.07) is 7.37. The van der Waals surface area contributed by atoms with E-state index in [2.05, 4.69) is 10.6 Å². The highest BCUT2D eigenvalue weighted by Crippen LogP contribution is 2.41. The third-order valence-electron chi connectivity index (χ3n) is 5.14. The highest BCUT2D eigenvalue weighted by atomic mass is 127. The van der Waals surface area contributed by atoms with E-state index in [1.807, 2.05) is 25.1 Å². The van der Waals surface area contributed by atoms with E-state index >= 15 is 0 Å². The Morgan fingerprint density at radius 2 is 2.00 bits per heavy atom. The van der Waals surface area contributed by atoms with Gasteiger partial charge >= 0.3 is 0 Å². The van der Waals surface area contributed by atoms with E-state index in [-0.39, 0.29) is 29.4 Å². The molecular formula is C20H33ClIN3O2. The maximum atomic E-state index is 10.4. The summed E-state index contributed by atoms with van der Waals surface area (Å²) in [4.78, 5) is 4.80. The Hall–Kier alpha value is -0.570. The van der Waals surface area contributed by atoms with Crippen molar-refractivity contribution in [1.82, 2.24) is 10.6 Å². The van der Waals surface area contributed by atoms with Crippen LogP contribution < -0.4 is 10.6 Å². The topological polar surface area (TPSA) is 65.9 Å². The van der Waals surface area contributed by atoms with Gasteiger partial charge in [0.2, 0.25) is 0 Å². The van der Waals surface area contributed by atoms with Gasteiger partial charge in [-0.15, -0.1) is 24.0 Å². The number of halogens is 2. The molecule has 0 aliphatic heterocycles. The van der Waals surface area contributed by atoms with Gasteiger partial charge in [0.1, 0.15) is 0 Å². The van der Waals surface area contributed by atoms with E-state index in [1.54, 1.807) is 13.2 Å². The largest absolute Gasteiger partial charge is 0.387 e. The van der Waals surface area contributed by atoms with Crippen molar-refractivity contribution in [2.45, 2.75) is 45.1 Å². The van der Waals surface area contributed by atoms with E-state index < -0.39 is 6.10 Å². The number of nitrogens with zero attached hydrogens (tertiary/aromatic N) is 1. The number of nitrogens with one attached hydrogen (secondary N) is 2. The first-order valence-electron chi connectivity index (χ1n) is 9.54. The summed E-state index contributed by atoms with van der Waals surface area (Å²) in [6.07, 6.45) is 5.34. The molecule has 1 atom stereocenters. The molecule has 7 heteroatoms. The van der Waals surface area contributed by atoms with Crippen LogP contribution in [-0.4, -0.2) is 44.4 Å². The maximum absolute atomic E-state index is 10.4. The normalized spacial score (nSPS) is 17.3. The Kier molecular flexibility index (Phi) is 11.6. The first-order chi connectivity index (χ1) is 12.6. The highest BCUT2D eigenvalue weighted by molar-refractivity contribution is 14.0. The standard InChI is InChI=1S/C20H32ClN3O2.HI/c1-3-22-19(23-14-18(25)16-8-4-5-9-17(16)21)24-15-20(12-13-26-2)10-6-7-11-20;/h4-5,8-9,18,25H,3,6-7,10-15H2,1-2H3,(H2,22,23,24);1H. The van der Waals surface area contributed by atoms with Gasteiger partial charge in [-0.1, -0.05) is 42.6 Å². The molecule has 2 rings (SSSR count). The van der Waals surface area contributed by atoms with Crippen LogP contribution in [0.5, 0.6) is 0 Å². The molecule has 3 N–H and O–H groups in total. The van der Waals surface area contributed by atoms with Gasteiger partial charge in [0, 0.05) is 43.9 Å². The lowest BCUT2D eigenvalue weighted by Crippen LogP contribution is -2.40. The Bertz CT molecular complexity index is 580. The number of rotatable bonds is 9. The SMILES string of the molecule is CCNC(=NCC1(CCOC)CCCC1)NCC(O)c1ccccc1Cl.I. The van der Waals surface area contributed by atoms with Crippen LogP contribution in [0.25, 0.3) is 0 Å². The fourth-order valence-electron chi connectivity index (χ4n) is 3.57. The molecule has 154 valence electrons. The van der Waals surface area contributed by atoms with E-state index in [4.69, 9.17) is 21.3 Å². The average molecular weight is 510 g/mol. The van der Waals surface area contributed by atoms with Crippen molar-refractivity contribution < 1.29 is 9.84 Å². The number of methoxy groups -OCH3 is 1. The number of aliphatic hydroxyl groups excluding tert-OH is 1. The molecule has 0 spiro atoms. The van der Waals surface area contributed by atoms with Crippen LogP contribution in [0.15, 0.2) is 29.3 Å². The van der Waals surface area contributed by atoms with Gasteiger partial charge in [0.25, 0.3) is 0 Å². The van der Waals surface area contributed by atoms with Crippen LogP contribution in [0, 0.1) is 5.41 Å². The molecule has 1 fully saturated rings. The second kappa shape index (κ2) is 12.8. The van der Waals surface area contributed by atoms with Crippen molar-refractivity contribution in [3.05, 3.63) is 34.9 Å². The summed E-state index contributed by atoms with van der Waals surface area (Å²) in [5.74, 6) is 0.738. The number of aliphatic hydroxyl groups is 1. The van der Waals surface area contributed by atoms with Gasteiger partial charge in [-0.3, -0.25) is 4.99 Å². The van der Waals surface area contributed by atoms with Crippen LogP contribution in [0.4, 0.5) is 0 Å². The predicted molar refractivity (Wildman–Crippen MR) is 123 cm³/mol. The Morgan fingerprint density at radius 1 is 1.30 bits per heavy atom. The molecule has 1 aliphatic carbocycles. The quantitative estimate of drug-likeness (QED) is 0.266. The number of guanidine groups is 1. The average Bonchev–Trinajstić information content (AvgIpc) is 3.11. The summed E-state index contributed by atoms with van der Waals surface area (Å²) in [5.41, 5.74) is 0.976. The molecule has 1 saturated carbocycles. The van der Waals surface area contributed by atoms with E-state index in [9.17, 15) is 5.11 Å². The van der Waals surface area contributed by atoms with Crippen molar-refractivity contribution in [1.29, 1.82) is 0 Å². The predicted octanol–water partition coefficient (Wildman–Crippen LogP) is 4.14. The molecule has 1 aromatic rings. The number of ether oxygens (including phenoxy) is 1. The molecule has 27 heavy (non-hydrogen) atoms. The van der Waals surface area contributed by atoms with Gasteiger partial charge in [0.15, 0.2) is 5.96 Å². The van der Waals surface area contributed by atoms with Crippen molar-refractivity contribution in [3.63, 3.8) is 0 Å². The van der Waals surface area contributed by atoms with Crippen molar-refractivity contribution in [2.24, 2.45) is 10.4 Å². The fraction of sp³-hybridized carbons (Fsp3) is 0.650. The minimum Gasteiger partial charge on any atom is -0.387 e. The van der Waals surface area contributed by atoms with E-state index in [0.29, 0.717) is 11.6 Å². The highest BCUT2D eigenvalue weighted by Gasteiger charge is 2.33. The van der Waals surface area contributed by atoms with Crippen LogP contribution in [0.3, 0.4) is 0 Å². The Morgan fingerprint density at radius 3 is 2.63 bits per heavy atom. The Labute approximate surface area is 185 Å². The molecule has 0 radical (unpaired) electrons. The molecule has 0 heterocycles. The molecule has 0 bridgehead atoms. The number of hydrogen-bond donors (Lipinski definition) is 3. The smallest absolute Gasteiger partial charge is 0.191 e. The van der Waals surface area contributed by atoms with Crippen LogP contribution >= 0.6 is 35.6 Å². The zero-order valence-corrected chi connectivity index (χ0v) is 19.4. The molecule has 1 aromatic carbocycles. The monoisotopic (exact) mass is 509 g/mol. The van der Waals surface area contributed by atoms with Gasteiger partial charge in [0.05, 0.1) is 6.10 Å². The van der Waals surface area contributed by atoms with Crippen LogP contribution in [-0.2, 0) is 4.74 Å². The molecule has 0 amide bonds. The van der Waals surface area contributed by atoms with Gasteiger partial charge in [-0.25, -0.2) is 0 Å². The number of hydrogen-bond acceptors (Lipinski definition) is 3. The van der Waals surface area contributed by atoms with Gasteiger partial charge in [-0.05, 0) is 37.7 Å². The van der Waals surface area contributed by atoms with Crippen molar-refractivity contribution in [3.8, 4) is 0 Å². The third-order valence-corrected chi connectivity index (χ3v) is 5.49. The molecule has 1 aliphatic rings. The minimum atomic E-state index is -0.679. The third kappa shape index (κ3) is 7.75. The lowest BCUT2D eigenvalue weighted by molar-refractivity contribution is 0.141. The maximum Gasteiger partial charge on any atom is 0.191 e. The second-order valence-electron chi connectivity index (χ2n) is 7.06. The van der Waals surface area contributed by atoms with E-state index in [1.165, 1.54) is 25.7 Å². The summed E-state index contributed by atoms with van der Waals surface area (Å²) in [5, 5.41) is 17.5. The fourth-order valence-corrected chi connectivity index (χ4v) is 3.83. The van der Waals surface area contributed by atoms with Crippen LogP contribution in [0.1, 0.15) is 50.7 Å².